The van der Waals surface area contributed by atoms with Gasteiger partial charge < -0.3 is 9.84 Å². The summed E-state index contributed by atoms with van der Waals surface area (Å²) in [6, 6.07) is 12.9. The molecule has 0 aromatic heterocycles. The van der Waals surface area contributed by atoms with Gasteiger partial charge in [0.05, 0.1) is 17.6 Å². The molecule has 98 valence electrons. The van der Waals surface area contributed by atoms with Crippen molar-refractivity contribution >= 4 is 17.7 Å². The molecule has 2 aromatic rings. The Bertz CT molecular complexity index is 608. The summed E-state index contributed by atoms with van der Waals surface area (Å²) < 4.78 is 5.30. The highest BCUT2D eigenvalue weighted by Crippen LogP contribution is 2.36. The summed E-state index contributed by atoms with van der Waals surface area (Å²) in [5, 5.41) is 8.95. The first kappa shape index (κ1) is 13.5. The van der Waals surface area contributed by atoms with Gasteiger partial charge in [0.2, 0.25) is 0 Å². The van der Waals surface area contributed by atoms with E-state index in [2.05, 4.69) is 0 Å². The molecule has 19 heavy (non-hydrogen) atoms. The number of aromatic carboxylic acids is 1. The minimum absolute atomic E-state index is 0.307. The summed E-state index contributed by atoms with van der Waals surface area (Å²) in [6.07, 6.45) is 0. The molecular weight excluding hydrogens is 260 g/mol. The van der Waals surface area contributed by atoms with Crippen molar-refractivity contribution in [1.29, 1.82) is 0 Å². The zero-order chi connectivity index (χ0) is 13.8. The number of carboxylic acids is 1. The topological polar surface area (TPSA) is 46.5 Å². The van der Waals surface area contributed by atoms with Gasteiger partial charge in [0.1, 0.15) is 5.75 Å². The van der Waals surface area contributed by atoms with Gasteiger partial charge in [-0.1, -0.05) is 23.9 Å². The maximum atomic E-state index is 10.9. The van der Waals surface area contributed by atoms with Crippen LogP contribution >= 0.6 is 11.8 Å². The van der Waals surface area contributed by atoms with Crippen molar-refractivity contribution in [2.75, 3.05) is 7.11 Å². The molecule has 4 heteroatoms. The van der Waals surface area contributed by atoms with Gasteiger partial charge in [0.15, 0.2) is 0 Å². The average Bonchev–Trinajstić information content (AvgIpc) is 2.41. The number of hydrogen-bond donors (Lipinski definition) is 1. The van der Waals surface area contributed by atoms with Gasteiger partial charge in [-0.2, -0.15) is 0 Å². The molecule has 0 aliphatic rings. The number of para-hydroxylation sites is 1. The van der Waals surface area contributed by atoms with Crippen LogP contribution in [-0.2, 0) is 0 Å². The van der Waals surface area contributed by atoms with Crippen LogP contribution in [0.2, 0.25) is 0 Å². The Hall–Kier alpha value is -1.94. The van der Waals surface area contributed by atoms with Crippen LogP contribution in [0.5, 0.6) is 5.75 Å². The lowest BCUT2D eigenvalue weighted by Gasteiger charge is -2.10. The molecule has 0 unspecified atom stereocenters. The Morgan fingerprint density at radius 3 is 2.53 bits per heavy atom. The van der Waals surface area contributed by atoms with E-state index in [4.69, 9.17) is 9.84 Å². The lowest BCUT2D eigenvalue weighted by molar-refractivity contribution is 0.0696. The Morgan fingerprint density at radius 1 is 1.16 bits per heavy atom. The second kappa shape index (κ2) is 5.80. The van der Waals surface area contributed by atoms with E-state index in [0.29, 0.717) is 5.56 Å². The molecule has 2 aromatic carbocycles. The van der Waals surface area contributed by atoms with Crippen LogP contribution in [-0.4, -0.2) is 18.2 Å². The van der Waals surface area contributed by atoms with E-state index in [9.17, 15) is 4.79 Å². The molecule has 0 heterocycles. The van der Waals surface area contributed by atoms with Crippen LogP contribution in [0.25, 0.3) is 0 Å². The molecule has 2 rings (SSSR count). The lowest BCUT2D eigenvalue weighted by Crippen LogP contribution is -1.96. The Balaban J connectivity index is 2.31. The summed E-state index contributed by atoms with van der Waals surface area (Å²) in [5.74, 6) is -0.0915. The number of methoxy groups -OCH3 is 1. The first-order valence-electron chi connectivity index (χ1n) is 5.76. The summed E-state index contributed by atoms with van der Waals surface area (Å²) >= 11 is 1.57. The third-order valence-electron chi connectivity index (χ3n) is 2.71. The van der Waals surface area contributed by atoms with Crippen molar-refractivity contribution in [2.45, 2.75) is 16.7 Å². The van der Waals surface area contributed by atoms with Gasteiger partial charge in [-0.3, -0.25) is 0 Å². The lowest BCUT2D eigenvalue weighted by atomic mass is 10.1. The number of hydrogen-bond acceptors (Lipinski definition) is 3. The van der Waals surface area contributed by atoms with Crippen molar-refractivity contribution < 1.29 is 14.6 Å². The van der Waals surface area contributed by atoms with E-state index >= 15 is 0 Å². The maximum Gasteiger partial charge on any atom is 0.335 e. The van der Waals surface area contributed by atoms with E-state index in [1.807, 2.05) is 37.3 Å². The van der Waals surface area contributed by atoms with E-state index in [1.54, 1.807) is 31.0 Å². The normalized spacial score (nSPS) is 10.2. The standard InChI is InChI=1S/C15H14O3S/c1-10-9-11(15(16)17)7-8-13(10)19-14-6-4-3-5-12(14)18-2/h3-9H,1-2H3,(H,16,17). The molecule has 0 bridgehead atoms. The fourth-order valence-electron chi connectivity index (χ4n) is 1.72. The number of carbonyl (C=O) groups is 1. The summed E-state index contributed by atoms with van der Waals surface area (Å²) in [4.78, 5) is 12.9. The quantitative estimate of drug-likeness (QED) is 0.919. The van der Waals surface area contributed by atoms with Crippen LogP contribution in [0.4, 0.5) is 0 Å². The summed E-state index contributed by atoms with van der Waals surface area (Å²) in [7, 11) is 1.64. The summed E-state index contributed by atoms with van der Waals surface area (Å²) in [6.45, 7) is 1.91. The minimum Gasteiger partial charge on any atom is -0.496 e. The maximum absolute atomic E-state index is 10.9. The van der Waals surface area contributed by atoms with Crippen LogP contribution in [0.1, 0.15) is 15.9 Å². The molecule has 0 fully saturated rings. The van der Waals surface area contributed by atoms with Crippen molar-refractivity contribution in [1.82, 2.24) is 0 Å². The fourth-order valence-corrected chi connectivity index (χ4v) is 2.71. The molecule has 0 amide bonds. The largest absolute Gasteiger partial charge is 0.496 e. The highest BCUT2D eigenvalue weighted by atomic mass is 32.2. The van der Waals surface area contributed by atoms with E-state index in [-0.39, 0.29) is 0 Å². The first-order chi connectivity index (χ1) is 9.11. The minimum atomic E-state index is -0.906. The third kappa shape index (κ3) is 3.09. The van der Waals surface area contributed by atoms with E-state index in [1.165, 1.54) is 0 Å². The highest BCUT2D eigenvalue weighted by Gasteiger charge is 2.09. The van der Waals surface area contributed by atoms with Crippen molar-refractivity contribution in [3.63, 3.8) is 0 Å². The second-order valence-corrected chi connectivity index (χ2v) is 5.12. The van der Waals surface area contributed by atoms with E-state index in [0.717, 1.165) is 21.1 Å². The number of ether oxygens (including phenoxy) is 1. The predicted octanol–water partition coefficient (Wildman–Crippen LogP) is 3.85. The molecule has 1 N–H and O–H groups in total. The molecule has 0 atom stereocenters. The highest BCUT2D eigenvalue weighted by molar-refractivity contribution is 7.99. The Morgan fingerprint density at radius 2 is 1.89 bits per heavy atom. The Kier molecular flexibility index (Phi) is 4.12. The van der Waals surface area contributed by atoms with Gasteiger partial charge in [-0.25, -0.2) is 4.79 Å². The zero-order valence-electron chi connectivity index (χ0n) is 10.7. The van der Waals surface area contributed by atoms with Gasteiger partial charge in [-0.15, -0.1) is 0 Å². The number of rotatable bonds is 4. The average molecular weight is 274 g/mol. The van der Waals surface area contributed by atoms with E-state index < -0.39 is 5.97 Å². The van der Waals surface area contributed by atoms with Gasteiger partial charge >= 0.3 is 5.97 Å². The molecule has 0 aliphatic carbocycles. The van der Waals surface area contributed by atoms with Crippen molar-refractivity contribution in [3.8, 4) is 5.75 Å². The molecular formula is C15H14O3S. The SMILES string of the molecule is COc1ccccc1Sc1ccc(C(=O)O)cc1C. The second-order valence-electron chi connectivity index (χ2n) is 4.04. The molecule has 0 radical (unpaired) electrons. The Labute approximate surface area is 116 Å². The number of benzene rings is 2. The number of aryl methyl sites for hydroxylation is 1. The number of carboxylic acid groups (broad SMARTS) is 1. The molecule has 0 aliphatic heterocycles. The van der Waals surface area contributed by atoms with Gasteiger partial charge in [0, 0.05) is 4.90 Å². The van der Waals surface area contributed by atoms with Crippen LogP contribution in [0.15, 0.2) is 52.3 Å². The molecule has 3 nitrogen and oxygen atoms in total. The van der Waals surface area contributed by atoms with Gasteiger partial charge in [0.25, 0.3) is 0 Å². The van der Waals surface area contributed by atoms with Crippen LogP contribution in [0, 0.1) is 6.92 Å². The van der Waals surface area contributed by atoms with Crippen molar-refractivity contribution in [2.24, 2.45) is 0 Å². The third-order valence-corrected chi connectivity index (χ3v) is 3.95. The zero-order valence-corrected chi connectivity index (χ0v) is 11.5. The molecule has 0 saturated carbocycles. The van der Waals surface area contributed by atoms with Crippen LogP contribution < -0.4 is 4.74 Å². The first-order valence-corrected chi connectivity index (χ1v) is 6.58. The predicted molar refractivity (Wildman–Crippen MR) is 75.3 cm³/mol. The van der Waals surface area contributed by atoms with Crippen LogP contribution in [0.3, 0.4) is 0 Å². The molecule has 0 saturated heterocycles. The van der Waals surface area contributed by atoms with Crippen molar-refractivity contribution in [3.05, 3.63) is 53.6 Å². The summed E-state index contributed by atoms with van der Waals surface area (Å²) in [5.41, 5.74) is 1.25. The molecule has 0 spiro atoms. The van der Waals surface area contributed by atoms with Gasteiger partial charge in [-0.05, 0) is 42.8 Å². The fraction of sp³-hybridized carbons (Fsp3) is 0.133. The smallest absolute Gasteiger partial charge is 0.335 e. The monoisotopic (exact) mass is 274 g/mol.